The zero-order valence-electron chi connectivity index (χ0n) is 5.89. The molecule has 0 aliphatic carbocycles. The fourth-order valence-corrected chi connectivity index (χ4v) is 0.327. The van der Waals surface area contributed by atoms with Gasteiger partial charge in [-0.15, -0.1) is 11.6 Å². The highest BCUT2D eigenvalue weighted by Gasteiger charge is 2.13. The summed E-state index contributed by atoms with van der Waals surface area (Å²) in [4.78, 5) is 20.6. The molecule has 4 heteroatoms. The van der Waals surface area contributed by atoms with Crippen LogP contribution in [-0.4, -0.2) is 24.2 Å². The molecule has 52 valence electrons. The fraction of sp³-hybridized carbons (Fsp3) is 0.600. The maximum Gasteiger partial charge on any atom is 0.331 e. The molecule has 0 rings (SSSR count). The van der Waals surface area contributed by atoms with Crippen molar-refractivity contribution in [1.29, 1.82) is 0 Å². The summed E-state index contributed by atoms with van der Waals surface area (Å²) in [6.45, 7) is 1.76. The van der Waals surface area contributed by atoms with Crippen molar-refractivity contribution in [2.24, 2.45) is 0 Å². The first kappa shape index (κ1) is 6.55. The van der Waals surface area contributed by atoms with Gasteiger partial charge in [-0.3, -0.25) is 0 Å². The van der Waals surface area contributed by atoms with Crippen LogP contribution in [0.5, 0.6) is 0 Å². The lowest BCUT2D eigenvalue weighted by Gasteiger charge is -1.99. The highest BCUT2D eigenvalue weighted by Crippen LogP contribution is 1.93. The zero-order chi connectivity index (χ0) is 8.15. The Morgan fingerprint density at radius 2 is 2.67 bits per heavy atom. The van der Waals surface area contributed by atoms with Crippen LogP contribution in [0.2, 0.25) is 0 Å². The first-order valence-corrected chi connectivity index (χ1v) is 2.84. The molecule has 0 radical (unpaired) electrons. The van der Waals surface area contributed by atoms with Gasteiger partial charge in [-0.2, -0.15) is 0 Å². The van der Waals surface area contributed by atoms with E-state index >= 15 is 0 Å². The van der Waals surface area contributed by atoms with Crippen molar-refractivity contribution in [2.75, 3.05) is 6.61 Å². The number of aldehydes is 1. The number of carbonyl (C=O) groups excluding carboxylic acids is 2. The number of ether oxygens (including phenoxy) is 1. The average molecular weight is 152 g/mol. The molecule has 0 aromatic rings. The molecular weight excluding hydrogens is 144 g/mol. The van der Waals surface area contributed by atoms with Crippen LogP contribution in [0.4, 0.5) is 0 Å². The van der Waals surface area contributed by atoms with E-state index < -0.39 is 17.6 Å². The van der Waals surface area contributed by atoms with Crippen LogP contribution in [0.15, 0.2) is 0 Å². The minimum absolute atomic E-state index is 0.162. The van der Waals surface area contributed by atoms with E-state index in [-0.39, 0.29) is 6.61 Å². The molecule has 0 aliphatic heterocycles. The molecule has 9 heavy (non-hydrogen) atoms. The summed E-state index contributed by atoms with van der Waals surface area (Å²) < 4.78 is 10.8. The van der Waals surface area contributed by atoms with E-state index in [1.165, 1.54) is 0 Å². The summed E-state index contributed by atoms with van der Waals surface area (Å²) in [6, 6.07) is 0. The van der Waals surface area contributed by atoms with Crippen molar-refractivity contribution in [3.8, 4) is 0 Å². The predicted molar refractivity (Wildman–Crippen MR) is 32.3 cm³/mol. The molecule has 0 aromatic carbocycles. The molecule has 0 aromatic heterocycles. The van der Waals surface area contributed by atoms with Gasteiger partial charge in [-0.1, -0.05) is 0 Å². The van der Waals surface area contributed by atoms with E-state index in [1.54, 1.807) is 6.92 Å². The molecule has 0 aliphatic rings. The molecule has 0 bridgehead atoms. The molecule has 0 spiro atoms. The van der Waals surface area contributed by atoms with Gasteiger partial charge in [-0.25, -0.2) is 4.79 Å². The van der Waals surface area contributed by atoms with Crippen molar-refractivity contribution in [3.63, 3.8) is 0 Å². The minimum atomic E-state index is -1.47. The van der Waals surface area contributed by atoms with Crippen LogP contribution in [0.1, 0.15) is 8.29 Å². The maximum atomic E-state index is 10.5. The van der Waals surface area contributed by atoms with Crippen LogP contribution in [0.3, 0.4) is 0 Å². The molecule has 0 amide bonds. The molecule has 1 atom stereocenters. The second kappa shape index (κ2) is 4.32. The Labute approximate surface area is 59.3 Å². The maximum absolute atomic E-state index is 10.5. The lowest BCUT2D eigenvalue weighted by Crippen LogP contribution is -2.18. The number of esters is 1. The van der Waals surface area contributed by atoms with Crippen LogP contribution in [-0.2, 0) is 14.3 Å². The van der Waals surface area contributed by atoms with Crippen LogP contribution in [0.25, 0.3) is 0 Å². The summed E-state index contributed by atoms with van der Waals surface area (Å²) in [7, 11) is 0. The summed E-state index contributed by atoms with van der Waals surface area (Å²) >= 11 is 5.13. The standard InChI is InChI=1S/C5H7ClO3/c1-2-9-5(8)4(6)3-7/h3-4H,2H2,1H3/i3D. The third-order valence-corrected chi connectivity index (χ3v) is 0.864. The molecule has 0 fully saturated rings. The monoisotopic (exact) mass is 151 g/mol. The fourth-order valence-electron chi connectivity index (χ4n) is 0.264. The van der Waals surface area contributed by atoms with E-state index in [9.17, 15) is 9.59 Å². The third-order valence-electron chi connectivity index (χ3n) is 0.597. The number of hydrogen-bond donors (Lipinski definition) is 0. The van der Waals surface area contributed by atoms with Crippen molar-refractivity contribution < 1.29 is 15.7 Å². The first-order valence-electron chi connectivity index (χ1n) is 2.90. The quantitative estimate of drug-likeness (QED) is 0.253. The van der Waals surface area contributed by atoms with Gasteiger partial charge in [0.15, 0.2) is 5.38 Å². The van der Waals surface area contributed by atoms with Crippen molar-refractivity contribution >= 4 is 23.8 Å². The molecule has 1 unspecified atom stereocenters. The topological polar surface area (TPSA) is 43.4 Å². The Hall–Kier alpha value is -0.570. The van der Waals surface area contributed by atoms with Crippen LogP contribution >= 0.6 is 11.6 Å². The van der Waals surface area contributed by atoms with E-state index in [2.05, 4.69) is 4.74 Å². The minimum Gasteiger partial charge on any atom is -0.465 e. The van der Waals surface area contributed by atoms with Gasteiger partial charge < -0.3 is 9.53 Å². The van der Waals surface area contributed by atoms with Crippen molar-refractivity contribution in [3.05, 3.63) is 0 Å². The Balaban J connectivity index is 3.82. The van der Waals surface area contributed by atoms with Gasteiger partial charge in [0.25, 0.3) is 0 Å². The third kappa shape index (κ3) is 3.08. The predicted octanol–water partition coefficient (Wildman–Crippen LogP) is 0.356. The Kier molecular flexibility index (Phi) is 3.15. The second-order valence-electron chi connectivity index (χ2n) is 1.23. The Bertz CT molecular complexity index is 148. The van der Waals surface area contributed by atoms with Gasteiger partial charge >= 0.3 is 5.97 Å². The highest BCUT2D eigenvalue weighted by atomic mass is 35.5. The van der Waals surface area contributed by atoms with Gasteiger partial charge in [0.2, 0.25) is 0 Å². The van der Waals surface area contributed by atoms with Gasteiger partial charge in [-0.05, 0) is 6.92 Å². The smallest absolute Gasteiger partial charge is 0.331 e. The largest absolute Gasteiger partial charge is 0.465 e. The Morgan fingerprint density at radius 1 is 2.11 bits per heavy atom. The van der Waals surface area contributed by atoms with E-state index in [0.29, 0.717) is 0 Å². The zero-order valence-corrected chi connectivity index (χ0v) is 5.64. The van der Waals surface area contributed by atoms with Crippen molar-refractivity contribution in [2.45, 2.75) is 12.3 Å². The molecule has 0 saturated heterocycles. The second-order valence-corrected chi connectivity index (χ2v) is 1.67. The first-order chi connectivity index (χ1) is 4.59. The number of alkyl halides is 1. The van der Waals surface area contributed by atoms with Gasteiger partial charge in [0, 0.05) is 0 Å². The van der Waals surface area contributed by atoms with E-state index in [0.717, 1.165) is 0 Å². The summed E-state index contributed by atoms with van der Waals surface area (Å²) in [5, 5.41) is -1.47. The number of halogens is 1. The normalized spacial score (nSPS) is 13.8. The average Bonchev–Trinajstić information content (AvgIpc) is 1.87. The number of carbonyl (C=O) groups is 2. The summed E-state index contributed by atoms with van der Waals surface area (Å²) in [5.74, 6) is -0.857. The Morgan fingerprint density at radius 3 is 3.00 bits per heavy atom. The van der Waals surface area contributed by atoms with Crippen LogP contribution in [0, 0.1) is 0 Å². The number of rotatable bonds is 3. The summed E-state index contributed by atoms with van der Waals surface area (Å²) in [6.07, 6.45) is -1.14. The van der Waals surface area contributed by atoms with E-state index in [1.807, 2.05) is 0 Å². The number of hydrogen-bond acceptors (Lipinski definition) is 3. The van der Waals surface area contributed by atoms with Gasteiger partial charge in [0.05, 0.1) is 6.61 Å². The summed E-state index contributed by atoms with van der Waals surface area (Å²) in [5.41, 5.74) is 0. The lowest BCUT2D eigenvalue weighted by molar-refractivity contribution is -0.143. The van der Waals surface area contributed by atoms with Crippen molar-refractivity contribution in [1.82, 2.24) is 0 Å². The molecule has 3 nitrogen and oxygen atoms in total. The molecule has 0 heterocycles. The molecule has 0 N–H and O–H groups in total. The van der Waals surface area contributed by atoms with Gasteiger partial charge in [0.1, 0.15) is 7.63 Å². The van der Waals surface area contributed by atoms with Crippen LogP contribution < -0.4 is 0 Å². The highest BCUT2D eigenvalue weighted by molar-refractivity contribution is 6.37. The molecular formula is C5H7ClO3. The molecule has 0 saturated carbocycles. The lowest BCUT2D eigenvalue weighted by atomic mass is 10.5. The SMILES string of the molecule is [2H]C(=O)C(Cl)C(=O)OCC. The van der Waals surface area contributed by atoms with E-state index in [4.69, 9.17) is 13.0 Å².